The SMILES string of the molecule is CCOC(=O)[C@H](C)Oc1ccc(C=Nn2c([C@@H](C)CC)nc3ccc(Br)cc3c2=O)cc1OCC. The first-order chi connectivity index (χ1) is 16.8. The molecule has 2 aromatic carbocycles. The summed E-state index contributed by atoms with van der Waals surface area (Å²) in [6.07, 6.45) is 1.61. The highest BCUT2D eigenvalue weighted by Crippen LogP contribution is 2.29. The zero-order valence-corrected chi connectivity index (χ0v) is 22.2. The van der Waals surface area contributed by atoms with E-state index >= 15 is 0 Å². The summed E-state index contributed by atoms with van der Waals surface area (Å²) in [4.78, 5) is 30.0. The van der Waals surface area contributed by atoms with Crippen LogP contribution < -0.4 is 15.0 Å². The molecular weight excluding hydrogens is 514 g/mol. The highest BCUT2D eigenvalue weighted by atomic mass is 79.9. The Bertz CT molecular complexity index is 1290. The number of carbonyl (C=O) groups excluding carboxylic acids is 1. The predicted octanol–water partition coefficient (Wildman–Crippen LogP) is 5.28. The van der Waals surface area contributed by atoms with Gasteiger partial charge in [0.25, 0.3) is 5.56 Å². The van der Waals surface area contributed by atoms with Gasteiger partial charge in [0, 0.05) is 10.4 Å². The van der Waals surface area contributed by atoms with Crippen LogP contribution in [0.3, 0.4) is 0 Å². The number of rotatable bonds is 10. The molecule has 0 amide bonds. The lowest BCUT2D eigenvalue weighted by Crippen LogP contribution is -2.26. The molecule has 0 aliphatic heterocycles. The highest BCUT2D eigenvalue weighted by molar-refractivity contribution is 9.10. The summed E-state index contributed by atoms with van der Waals surface area (Å²) < 4.78 is 18.6. The molecular formula is C26H30BrN3O5. The summed E-state index contributed by atoms with van der Waals surface area (Å²) in [5.74, 6) is 1.05. The van der Waals surface area contributed by atoms with Gasteiger partial charge in [-0.05, 0) is 69.2 Å². The topological polar surface area (TPSA) is 92.0 Å². The first-order valence-electron chi connectivity index (χ1n) is 11.7. The Labute approximate surface area is 213 Å². The lowest BCUT2D eigenvalue weighted by molar-refractivity contribution is -0.150. The van der Waals surface area contributed by atoms with Crippen molar-refractivity contribution in [3.63, 3.8) is 0 Å². The number of nitrogens with zero attached hydrogens (tertiary/aromatic N) is 3. The standard InChI is InChI=1S/C26H30BrN3O5/c1-6-16(4)24-29-21-11-10-19(27)14-20(21)25(31)30(24)28-15-18-9-12-22(23(13-18)33-7-2)35-17(5)26(32)34-8-3/h9-17H,6-8H2,1-5H3/t16-,17-/m0/s1. The smallest absolute Gasteiger partial charge is 0.347 e. The maximum absolute atomic E-state index is 13.3. The molecule has 0 unspecified atom stereocenters. The van der Waals surface area contributed by atoms with Gasteiger partial charge in [0.1, 0.15) is 5.82 Å². The Hall–Kier alpha value is -3.20. The first kappa shape index (κ1) is 26.4. The van der Waals surface area contributed by atoms with Crippen molar-refractivity contribution in [2.75, 3.05) is 13.2 Å². The number of hydrogen-bond donors (Lipinski definition) is 0. The molecule has 3 rings (SSSR count). The predicted molar refractivity (Wildman–Crippen MR) is 140 cm³/mol. The molecule has 0 aliphatic carbocycles. The van der Waals surface area contributed by atoms with Gasteiger partial charge < -0.3 is 14.2 Å². The van der Waals surface area contributed by atoms with Crippen molar-refractivity contribution in [1.29, 1.82) is 0 Å². The summed E-state index contributed by atoms with van der Waals surface area (Å²) in [6, 6.07) is 10.7. The van der Waals surface area contributed by atoms with Gasteiger partial charge in [-0.3, -0.25) is 4.79 Å². The van der Waals surface area contributed by atoms with Crippen LogP contribution in [0.2, 0.25) is 0 Å². The number of ether oxygens (including phenoxy) is 3. The van der Waals surface area contributed by atoms with Crippen molar-refractivity contribution in [2.45, 2.75) is 53.1 Å². The maximum Gasteiger partial charge on any atom is 0.347 e. The van der Waals surface area contributed by atoms with Crippen LogP contribution in [0.1, 0.15) is 58.3 Å². The minimum atomic E-state index is -0.784. The first-order valence-corrected chi connectivity index (χ1v) is 12.4. The minimum Gasteiger partial charge on any atom is -0.490 e. The molecule has 1 aromatic heterocycles. The third-order valence-electron chi connectivity index (χ3n) is 5.40. The number of halogens is 1. The molecule has 186 valence electrons. The number of aromatic nitrogens is 2. The van der Waals surface area contributed by atoms with E-state index in [-0.39, 0.29) is 18.1 Å². The van der Waals surface area contributed by atoms with E-state index in [1.165, 1.54) is 4.68 Å². The van der Waals surface area contributed by atoms with Gasteiger partial charge in [0.15, 0.2) is 17.6 Å². The van der Waals surface area contributed by atoms with Crippen molar-refractivity contribution in [2.24, 2.45) is 5.10 Å². The number of benzene rings is 2. The zero-order valence-electron chi connectivity index (χ0n) is 20.6. The van der Waals surface area contributed by atoms with Crippen molar-refractivity contribution >= 4 is 39.0 Å². The van der Waals surface area contributed by atoms with Gasteiger partial charge in [0.05, 0.1) is 30.3 Å². The summed E-state index contributed by atoms with van der Waals surface area (Å²) in [6.45, 7) is 9.97. The van der Waals surface area contributed by atoms with E-state index in [1.54, 1.807) is 44.3 Å². The molecule has 8 nitrogen and oxygen atoms in total. The summed E-state index contributed by atoms with van der Waals surface area (Å²) in [5, 5.41) is 4.98. The lowest BCUT2D eigenvalue weighted by Gasteiger charge is -2.17. The maximum atomic E-state index is 13.3. The molecule has 0 radical (unpaired) electrons. The van der Waals surface area contributed by atoms with Crippen molar-refractivity contribution < 1.29 is 19.0 Å². The normalized spacial score (nSPS) is 13.1. The van der Waals surface area contributed by atoms with Crippen LogP contribution in [0, 0.1) is 0 Å². The van der Waals surface area contributed by atoms with Crippen molar-refractivity contribution in [1.82, 2.24) is 9.66 Å². The summed E-state index contributed by atoms with van der Waals surface area (Å²) in [5.41, 5.74) is 1.09. The Morgan fingerprint density at radius 1 is 1.11 bits per heavy atom. The molecule has 0 aliphatic rings. The third kappa shape index (κ3) is 6.28. The number of fused-ring (bicyclic) bond motifs is 1. The molecule has 0 bridgehead atoms. The molecule has 35 heavy (non-hydrogen) atoms. The van der Waals surface area contributed by atoms with Gasteiger partial charge >= 0.3 is 5.97 Å². The average molecular weight is 544 g/mol. The minimum absolute atomic E-state index is 0.0343. The second kappa shape index (κ2) is 12.0. The fourth-order valence-electron chi connectivity index (χ4n) is 3.37. The van der Waals surface area contributed by atoms with Crippen molar-refractivity contribution in [3.8, 4) is 11.5 Å². The van der Waals surface area contributed by atoms with Crippen LogP contribution in [0.5, 0.6) is 11.5 Å². The largest absolute Gasteiger partial charge is 0.490 e. The highest BCUT2D eigenvalue weighted by Gasteiger charge is 2.19. The van der Waals surface area contributed by atoms with E-state index in [0.717, 1.165) is 10.9 Å². The fraction of sp³-hybridized carbons (Fsp3) is 0.385. The Balaban J connectivity index is 2.00. The average Bonchev–Trinajstić information content (AvgIpc) is 2.84. The van der Waals surface area contributed by atoms with Crippen LogP contribution in [-0.2, 0) is 9.53 Å². The van der Waals surface area contributed by atoms with Gasteiger partial charge in [-0.2, -0.15) is 9.78 Å². The van der Waals surface area contributed by atoms with E-state index in [4.69, 9.17) is 19.2 Å². The van der Waals surface area contributed by atoms with E-state index in [9.17, 15) is 9.59 Å². The molecule has 0 spiro atoms. The second-order valence-electron chi connectivity index (χ2n) is 7.95. The van der Waals surface area contributed by atoms with Crippen LogP contribution in [0.15, 0.2) is 50.8 Å². The van der Waals surface area contributed by atoms with E-state index in [0.29, 0.717) is 40.4 Å². The number of hydrogen-bond acceptors (Lipinski definition) is 7. The van der Waals surface area contributed by atoms with E-state index in [1.807, 2.05) is 32.9 Å². The van der Waals surface area contributed by atoms with Crippen LogP contribution in [-0.4, -0.2) is 41.2 Å². The summed E-state index contributed by atoms with van der Waals surface area (Å²) >= 11 is 3.42. The van der Waals surface area contributed by atoms with Gasteiger partial charge in [0.2, 0.25) is 0 Å². The van der Waals surface area contributed by atoms with Crippen LogP contribution in [0.4, 0.5) is 0 Å². The summed E-state index contributed by atoms with van der Waals surface area (Å²) in [7, 11) is 0. The van der Waals surface area contributed by atoms with Gasteiger partial charge in [-0.25, -0.2) is 9.78 Å². The van der Waals surface area contributed by atoms with Crippen molar-refractivity contribution in [3.05, 3.63) is 62.6 Å². The van der Waals surface area contributed by atoms with Crippen LogP contribution >= 0.6 is 15.9 Å². The second-order valence-corrected chi connectivity index (χ2v) is 8.87. The molecule has 3 aromatic rings. The van der Waals surface area contributed by atoms with E-state index < -0.39 is 12.1 Å². The van der Waals surface area contributed by atoms with Crippen LogP contribution in [0.25, 0.3) is 10.9 Å². The molecule has 2 atom stereocenters. The van der Waals surface area contributed by atoms with Gasteiger partial charge in [-0.1, -0.05) is 29.8 Å². The zero-order chi connectivity index (χ0) is 25.5. The molecule has 0 saturated heterocycles. The quantitative estimate of drug-likeness (QED) is 0.255. The monoisotopic (exact) mass is 543 g/mol. The molecule has 0 N–H and O–H groups in total. The van der Waals surface area contributed by atoms with Gasteiger partial charge in [-0.15, -0.1) is 0 Å². The number of carbonyl (C=O) groups is 1. The van der Waals surface area contributed by atoms with E-state index in [2.05, 4.69) is 21.0 Å². The molecule has 1 heterocycles. The Morgan fingerprint density at radius 2 is 1.89 bits per heavy atom. The molecule has 9 heteroatoms. The Morgan fingerprint density at radius 3 is 2.57 bits per heavy atom. The molecule has 0 saturated carbocycles. The lowest BCUT2D eigenvalue weighted by atomic mass is 10.1. The third-order valence-corrected chi connectivity index (χ3v) is 5.89. The fourth-order valence-corrected chi connectivity index (χ4v) is 3.73. The Kier molecular flexibility index (Phi) is 9.03. The molecule has 0 fully saturated rings. The number of esters is 1.